The molecule has 0 radical (unpaired) electrons. The molecule has 0 amide bonds. The Hall–Kier alpha value is -1.59. The highest BCUT2D eigenvalue weighted by atomic mass is 16.3. The summed E-state index contributed by atoms with van der Waals surface area (Å²) in [5.74, 6) is 0.125. The summed E-state index contributed by atoms with van der Waals surface area (Å²) in [4.78, 5) is 4.61. The number of nitrogens with one attached hydrogen (secondary N) is 1. The first-order valence-corrected chi connectivity index (χ1v) is 7.15. The third kappa shape index (κ3) is 3.29. The van der Waals surface area contributed by atoms with Gasteiger partial charge in [0.05, 0.1) is 12.3 Å². The molecule has 5 nitrogen and oxygen atoms in total. The van der Waals surface area contributed by atoms with E-state index in [1.807, 2.05) is 12.1 Å². The predicted molar refractivity (Wildman–Crippen MR) is 82.6 cm³/mol. The molecule has 0 unspecified atom stereocenters. The molecular weight excluding hydrogens is 252 g/mol. The van der Waals surface area contributed by atoms with Crippen LogP contribution in [0, 0.1) is 12.3 Å². The topological polar surface area (TPSA) is 76.6 Å². The summed E-state index contributed by atoms with van der Waals surface area (Å²) in [6, 6.07) is 5.94. The number of aliphatic hydroxyl groups excluding tert-OH is 1. The summed E-state index contributed by atoms with van der Waals surface area (Å²) in [5.41, 5.74) is 8.79. The molecule has 2 rings (SSSR count). The summed E-state index contributed by atoms with van der Waals surface area (Å²) in [5, 5.41) is 16.8. The van der Waals surface area contributed by atoms with Crippen molar-refractivity contribution in [3.63, 3.8) is 0 Å². The fourth-order valence-corrected chi connectivity index (χ4v) is 2.86. The van der Waals surface area contributed by atoms with Gasteiger partial charge < -0.3 is 15.7 Å². The number of β-amino-alcohol motifs (C(OH)–C–C–N with tert-alkyl or cyclic N) is 1. The first-order chi connectivity index (χ1) is 9.63. The Kier molecular flexibility index (Phi) is 4.98. The van der Waals surface area contributed by atoms with E-state index in [9.17, 15) is 0 Å². The van der Waals surface area contributed by atoms with Crippen molar-refractivity contribution in [2.24, 2.45) is 5.73 Å². The lowest BCUT2D eigenvalue weighted by Gasteiger charge is -2.27. The Morgan fingerprint density at radius 2 is 2.10 bits per heavy atom. The molecule has 1 aliphatic rings. The molecule has 1 heterocycles. The number of nitrogens with zero attached hydrogens (tertiary/aromatic N) is 2. The molecule has 20 heavy (non-hydrogen) atoms. The molecule has 1 fully saturated rings. The van der Waals surface area contributed by atoms with Crippen molar-refractivity contribution in [1.29, 1.82) is 5.41 Å². The zero-order valence-electron chi connectivity index (χ0n) is 12.1. The lowest BCUT2D eigenvalue weighted by atomic mass is 10.1. The van der Waals surface area contributed by atoms with Gasteiger partial charge in [0.1, 0.15) is 5.84 Å². The van der Waals surface area contributed by atoms with Crippen LogP contribution in [0.15, 0.2) is 18.2 Å². The second-order valence-corrected chi connectivity index (χ2v) is 5.29. The number of nitrogen functional groups attached to an aromatic ring is 1. The molecule has 5 heteroatoms. The fourth-order valence-electron chi connectivity index (χ4n) is 2.86. The zero-order chi connectivity index (χ0) is 14.5. The van der Waals surface area contributed by atoms with Gasteiger partial charge in [0, 0.05) is 31.7 Å². The molecule has 0 aliphatic carbocycles. The van der Waals surface area contributed by atoms with E-state index >= 15 is 0 Å². The second-order valence-electron chi connectivity index (χ2n) is 5.29. The Morgan fingerprint density at radius 1 is 1.30 bits per heavy atom. The normalized spacial score (nSPS) is 17.0. The molecule has 0 spiro atoms. The Balaban J connectivity index is 2.21. The van der Waals surface area contributed by atoms with Crippen LogP contribution in [0.25, 0.3) is 0 Å². The minimum atomic E-state index is 0.125. The van der Waals surface area contributed by atoms with Gasteiger partial charge in [-0.25, -0.2) is 0 Å². The number of rotatable bonds is 4. The number of anilines is 1. The van der Waals surface area contributed by atoms with Gasteiger partial charge in [0.25, 0.3) is 0 Å². The molecule has 4 N–H and O–H groups in total. The molecule has 0 bridgehead atoms. The highest BCUT2D eigenvalue weighted by molar-refractivity contribution is 6.01. The summed E-state index contributed by atoms with van der Waals surface area (Å²) in [7, 11) is 0. The lowest BCUT2D eigenvalue weighted by molar-refractivity contribution is 0.204. The number of para-hydroxylation sites is 1. The van der Waals surface area contributed by atoms with Crippen molar-refractivity contribution in [1.82, 2.24) is 4.90 Å². The van der Waals surface area contributed by atoms with Crippen molar-refractivity contribution in [2.75, 3.05) is 44.2 Å². The minimum absolute atomic E-state index is 0.125. The van der Waals surface area contributed by atoms with Crippen LogP contribution >= 0.6 is 0 Å². The highest BCUT2D eigenvalue weighted by Gasteiger charge is 2.19. The Bertz CT molecular complexity index is 475. The molecule has 0 atom stereocenters. The van der Waals surface area contributed by atoms with Crippen LogP contribution in [0.5, 0.6) is 0 Å². The van der Waals surface area contributed by atoms with E-state index in [1.165, 1.54) is 0 Å². The number of hydrogen-bond acceptors (Lipinski definition) is 4. The van der Waals surface area contributed by atoms with E-state index < -0.39 is 0 Å². The molecule has 1 aromatic carbocycles. The maximum absolute atomic E-state index is 9.05. The van der Waals surface area contributed by atoms with Gasteiger partial charge in [-0.1, -0.05) is 12.1 Å². The average molecular weight is 276 g/mol. The van der Waals surface area contributed by atoms with Gasteiger partial charge in [-0.2, -0.15) is 0 Å². The van der Waals surface area contributed by atoms with Gasteiger partial charge in [0.15, 0.2) is 0 Å². The van der Waals surface area contributed by atoms with E-state index in [1.54, 1.807) is 0 Å². The van der Waals surface area contributed by atoms with Gasteiger partial charge in [-0.15, -0.1) is 0 Å². The van der Waals surface area contributed by atoms with Crippen molar-refractivity contribution in [2.45, 2.75) is 13.3 Å². The van der Waals surface area contributed by atoms with Crippen LogP contribution in [0.2, 0.25) is 0 Å². The maximum atomic E-state index is 9.05. The first kappa shape index (κ1) is 14.8. The third-order valence-corrected chi connectivity index (χ3v) is 3.85. The first-order valence-electron chi connectivity index (χ1n) is 7.15. The number of hydrogen-bond donors (Lipinski definition) is 3. The van der Waals surface area contributed by atoms with E-state index in [4.69, 9.17) is 16.2 Å². The molecule has 110 valence electrons. The molecule has 0 saturated carbocycles. The maximum Gasteiger partial charge on any atom is 0.124 e. The van der Waals surface area contributed by atoms with Crippen LogP contribution in [0.3, 0.4) is 0 Å². The van der Waals surface area contributed by atoms with Gasteiger partial charge in [-0.3, -0.25) is 10.3 Å². The largest absolute Gasteiger partial charge is 0.395 e. The number of aryl methyl sites for hydroxylation is 1. The van der Waals surface area contributed by atoms with E-state index in [0.29, 0.717) is 0 Å². The van der Waals surface area contributed by atoms with Crippen LogP contribution in [-0.2, 0) is 0 Å². The van der Waals surface area contributed by atoms with Crippen LogP contribution in [0.4, 0.5) is 5.69 Å². The third-order valence-electron chi connectivity index (χ3n) is 3.85. The standard InChI is InChI=1S/C15H24N4O/c1-12-4-2-5-13(15(16)17)14(12)19-7-3-6-18(8-9-19)10-11-20/h2,4-5,20H,3,6-11H2,1H3,(H3,16,17). The Morgan fingerprint density at radius 3 is 2.80 bits per heavy atom. The number of benzene rings is 1. The number of nitrogens with two attached hydrogens (primary N) is 1. The fraction of sp³-hybridized carbons (Fsp3) is 0.533. The molecule has 1 aromatic rings. The second kappa shape index (κ2) is 6.72. The van der Waals surface area contributed by atoms with Crippen LogP contribution < -0.4 is 10.6 Å². The van der Waals surface area contributed by atoms with Crippen LogP contribution in [-0.4, -0.2) is 55.2 Å². The summed E-state index contributed by atoms with van der Waals surface area (Å²) < 4.78 is 0. The highest BCUT2D eigenvalue weighted by Crippen LogP contribution is 2.26. The van der Waals surface area contributed by atoms with Crippen LogP contribution in [0.1, 0.15) is 17.5 Å². The summed E-state index contributed by atoms with van der Waals surface area (Å²) >= 11 is 0. The molecule has 1 saturated heterocycles. The monoisotopic (exact) mass is 276 g/mol. The Labute approximate surface area is 120 Å². The summed E-state index contributed by atoms with van der Waals surface area (Å²) in [6.45, 7) is 6.84. The SMILES string of the molecule is Cc1cccc(C(=N)N)c1N1CCCN(CCO)CC1. The molecular formula is C15H24N4O. The van der Waals surface area contributed by atoms with E-state index in [2.05, 4.69) is 22.8 Å². The lowest BCUT2D eigenvalue weighted by Crippen LogP contribution is -2.33. The van der Waals surface area contributed by atoms with Gasteiger partial charge >= 0.3 is 0 Å². The number of aliphatic hydroxyl groups is 1. The van der Waals surface area contributed by atoms with Crippen molar-refractivity contribution < 1.29 is 5.11 Å². The van der Waals surface area contributed by atoms with E-state index in [0.717, 1.165) is 56.0 Å². The predicted octanol–water partition coefficient (Wildman–Crippen LogP) is 0.783. The summed E-state index contributed by atoms with van der Waals surface area (Å²) in [6.07, 6.45) is 1.06. The smallest absolute Gasteiger partial charge is 0.124 e. The number of amidine groups is 1. The quantitative estimate of drug-likeness (QED) is 0.561. The van der Waals surface area contributed by atoms with E-state index in [-0.39, 0.29) is 12.4 Å². The van der Waals surface area contributed by atoms with Crippen molar-refractivity contribution >= 4 is 11.5 Å². The average Bonchev–Trinajstić information content (AvgIpc) is 2.64. The minimum Gasteiger partial charge on any atom is -0.395 e. The molecule has 0 aromatic heterocycles. The zero-order valence-corrected chi connectivity index (χ0v) is 12.1. The van der Waals surface area contributed by atoms with Gasteiger partial charge in [-0.05, 0) is 31.5 Å². The van der Waals surface area contributed by atoms with Gasteiger partial charge in [0.2, 0.25) is 0 Å². The van der Waals surface area contributed by atoms with Crippen molar-refractivity contribution in [3.8, 4) is 0 Å². The molecule has 1 aliphatic heterocycles. The van der Waals surface area contributed by atoms with Crippen molar-refractivity contribution in [3.05, 3.63) is 29.3 Å².